The van der Waals surface area contributed by atoms with Crippen LogP contribution in [0.15, 0.2) is 48.7 Å². The average Bonchev–Trinajstić information content (AvgIpc) is 2.97. The number of benzene rings is 2. The number of rotatable bonds is 3. The third-order valence-electron chi connectivity index (χ3n) is 7.59. The van der Waals surface area contributed by atoms with Crippen molar-refractivity contribution in [3.05, 3.63) is 76.6 Å². The normalized spacial score (nSPS) is 20.8. The highest BCUT2D eigenvalue weighted by atomic mass is 35.5. The van der Waals surface area contributed by atoms with Crippen LogP contribution in [-0.4, -0.2) is 41.6 Å². The van der Waals surface area contributed by atoms with Crippen molar-refractivity contribution in [3.8, 4) is 11.1 Å². The molecule has 0 saturated carbocycles. The number of aromatic nitrogens is 1. The third kappa shape index (κ3) is 6.01. The van der Waals surface area contributed by atoms with Gasteiger partial charge in [0.2, 0.25) is 5.91 Å². The highest BCUT2D eigenvalue weighted by Crippen LogP contribution is 2.39. The topological polar surface area (TPSA) is 110 Å². The van der Waals surface area contributed by atoms with E-state index in [1.165, 1.54) is 12.0 Å². The molecule has 9 nitrogen and oxygen atoms in total. The first kappa shape index (κ1) is 29.2. The molecule has 2 bridgehead atoms. The average molecular weight is 599 g/mol. The van der Waals surface area contributed by atoms with Crippen LogP contribution in [0, 0.1) is 17.6 Å². The predicted molar refractivity (Wildman–Crippen MR) is 152 cm³/mol. The van der Waals surface area contributed by atoms with E-state index < -0.39 is 36.0 Å². The summed E-state index contributed by atoms with van der Waals surface area (Å²) in [6, 6.07) is 10.4. The summed E-state index contributed by atoms with van der Waals surface area (Å²) in [5.74, 6) is -2.32. The molecule has 1 fully saturated rings. The van der Waals surface area contributed by atoms with E-state index in [1.807, 2.05) is 13.0 Å². The first-order chi connectivity index (χ1) is 20.2. The lowest BCUT2D eigenvalue weighted by molar-refractivity contribution is -0.119. The lowest BCUT2D eigenvalue weighted by atomic mass is 9.94. The third-order valence-corrected chi connectivity index (χ3v) is 7.88. The molecule has 2 aliphatic heterocycles. The number of halogens is 3. The van der Waals surface area contributed by atoms with Crippen molar-refractivity contribution >= 4 is 41.1 Å². The second kappa shape index (κ2) is 12.3. The van der Waals surface area contributed by atoms with Crippen LogP contribution in [-0.2, 0) is 14.3 Å². The Balaban J connectivity index is 1.48. The summed E-state index contributed by atoms with van der Waals surface area (Å²) in [6.45, 7) is 1.98. The number of pyridine rings is 1. The maximum atomic E-state index is 14.7. The van der Waals surface area contributed by atoms with E-state index in [-0.39, 0.29) is 35.4 Å². The van der Waals surface area contributed by atoms with E-state index in [2.05, 4.69) is 20.4 Å². The van der Waals surface area contributed by atoms with Crippen molar-refractivity contribution in [1.29, 1.82) is 0 Å². The van der Waals surface area contributed by atoms with Crippen molar-refractivity contribution in [2.45, 2.75) is 44.8 Å². The molecule has 2 N–H and O–H groups in total. The summed E-state index contributed by atoms with van der Waals surface area (Å²) in [5.41, 5.74) is 2.57. The number of hydrogen-bond donors (Lipinski definition) is 2. The van der Waals surface area contributed by atoms with E-state index in [0.29, 0.717) is 41.9 Å². The Morgan fingerprint density at radius 1 is 1.14 bits per heavy atom. The van der Waals surface area contributed by atoms with Gasteiger partial charge in [-0.15, -0.1) is 0 Å². The van der Waals surface area contributed by atoms with Gasteiger partial charge in [0.05, 0.1) is 35.1 Å². The maximum absolute atomic E-state index is 14.7. The first-order valence-corrected chi connectivity index (χ1v) is 13.9. The Morgan fingerprint density at radius 3 is 2.71 bits per heavy atom. The largest absolute Gasteiger partial charge is 0.453 e. The van der Waals surface area contributed by atoms with Gasteiger partial charge in [-0.25, -0.2) is 18.4 Å². The smallest absolute Gasteiger partial charge is 0.411 e. The van der Waals surface area contributed by atoms with E-state index >= 15 is 0 Å². The molecule has 3 amide bonds. The molecule has 42 heavy (non-hydrogen) atoms. The Labute approximate surface area is 246 Å². The summed E-state index contributed by atoms with van der Waals surface area (Å²) in [7, 11) is 1.26. The van der Waals surface area contributed by atoms with Gasteiger partial charge in [-0.1, -0.05) is 31.0 Å². The Kier molecular flexibility index (Phi) is 8.58. The standard InChI is InChI=1S/C30H29ClF2N4O5/c1-16-4-3-5-24(37-13-11-25(42-30(37)40)26-21(32)9-8-20(31)27(26)33)23-14-17(10-12-34-23)19-7-6-18(35-29(39)41-2)15-22(19)36-28(16)38/h6-10,12,14-16,24-25H,3-5,11,13H2,1-2H3,(H,35,39)(H,36,38)/t16-,24+,25?/m1/s1. The lowest BCUT2D eigenvalue weighted by Crippen LogP contribution is -2.42. The minimum Gasteiger partial charge on any atom is -0.453 e. The number of nitrogens with zero attached hydrogens (tertiary/aromatic N) is 2. The van der Waals surface area contributed by atoms with Crippen molar-refractivity contribution in [2.24, 2.45) is 5.92 Å². The molecule has 3 heterocycles. The zero-order chi connectivity index (χ0) is 30.0. The van der Waals surface area contributed by atoms with Gasteiger partial charge in [0.25, 0.3) is 0 Å². The van der Waals surface area contributed by atoms with Crippen LogP contribution in [0.5, 0.6) is 0 Å². The van der Waals surface area contributed by atoms with E-state index in [9.17, 15) is 23.2 Å². The fraction of sp³-hybridized carbons (Fsp3) is 0.333. The number of hydrogen-bond acceptors (Lipinski definition) is 6. The second-order valence-corrected chi connectivity index (χ2v) is 10.7. The molecule has 2 aliphatic rings. The summed E-state index contributed by atoms with van der Waals surface area (Å²) >= 11 is 5.86. The number of ether oxygens (including phenoxy) is 2. The van der Waals surface area contributed by atoms with Crippen LogP contribution in [0.2, 0.25) is 5.02 Å². The quantitative estimate of drug-likeness (QED) is 0.308. The van der Waals surface area contributed by atoms with Gasteiger partial charge in [0.15, 0.2) is 5.82 Å². The molecule has 0 radical (unpaired) electrons. The van der Waals surface area contributed by atoms with Gasteiger partial charge < -0.3 is 14.8 Å². The van der Waals surface area contributed by atoms with E-state index in [1.54, 1.807) is 30.5 Å². The minimum atomic E-state index is -1.12. The van der Waals surface area contributed by atoms with Crippen molar-refractivity contribution in [3.63, 3.8) is 0 Å². The molecule has 2 aromatic carbocycles. The van der Waals surface area contributed by atoms with Gasteiger partial charge in [0.1, 0.15) is 11.9 Å². The molecule has 1 saturated heterocycles. The van der Waals surface area contributed by atoms with Gasteiger partial charge >= 0.3 is 12.2 Å². The molecule has 3 atom stereocenters. The number of methoxy groups -OCH3 is 1. The Bertz CT molecular complexity index is 1540. The molecule has 1 aromatic heterocycles. The van der Waals surface area contributed by atoms with Crippen molar-refractivity contribution in [1.82, 2.24) is 9.88 Å². The highest BCUT2D eigenvalue weighted by Gasteiger charge is 2.37. The van der Waals surface area contributed by atoms with Crippen LogP contribution >= 0.6 is 11.6 Å². The second-order valence-electron chi connectivity index (χ2n) is 10.3. The molecule has 1 unspecified atom stereocenters. The summed E-state index contributed by atoms with van der Waals surface area (Å²) in [4.78, 5) is 44.3. The van der Waals surface area contributed by atoms with E-state index in [0.717, 1.165) is 17.7 Å². The fourth-order valence-corrected chi connectivity index (χ4v) is 5.50. The van der Waals surface area contributed by atoms with Gasteiger partial charge in [-0.3, -0.25) is 20.0 Å². The Hall–Kier alpha value is -4.25. The van der Waals surface area contributed by atoms with Crippen LogP contribution in [0.3, 0.4) is 0 Å². The van der Waals surface area contributed by atoms with Gasteiger partial charge in [-0.2, -0.15) is 0 Å². The molecule has 0 aliphatic carbocycles. The van der Waals surface area contributed by atoms with Crippen LogP contribution < -0.4 is 10.6 Å². The number of anilines is 2. The van der Waals surface area contributed by atoms with Crippen molar-refractivity contribution in [2.75, 3.05) is 24.3 Å². The first-order valence-electron chi connectivity index (χ1n) is 13.5. The zero-order valence-corrected chi connectivity index (χ0v) is 23.7. The van der Waals surface area contributed by atoms with Gasteiger partial charge in [0, 0.05) is 36.3 Å². The van der Waals surface area contributed by atoms with Crippen LogP contribution in [0.4, 0.5) is 29.7 Å². The SMILES string of the molecule is COC(=O)Nc1ccc2c(c1)NC(=O)[C@H](C)CCC[C@H](N1CCC(c3c(F)ccc(Cl)c3F)OC1=O)c1cc-2ccn1. The minimum absolute atomic E-state index is 0.147. The van der Waals surface area contributed by atoms with Gasteiger partial charge in [-0.05, 0) is 54.8 Å². The van der Waals surface area contributed by atoms with E-state index in [4.69, 9.17) is 16.3 Å². The fourth-order valence-electron chi connectivity index (χ4n) is 5.33. The molecule has 5 rings (SSSR count). The molecular weight excluding hydrogens is 570 g/mol. The molecule has 220 valence electrons. The molecule has 3 aromatic rings. The molecule has 0 spiro atoms. The zero-order valence-electron chi connectivity index (χ0n) is 23.0. The van der Waals surface area contributed by atoms with Crippen LogP contribution in [0.1, 0.15) is 56.0 Å². The number of carbonyl (C=O) groups is 3. The van der Waals surface area contributed by atoms with Crippen molar-refractivity contribution < 1.29 is 32.6 Å². The monoisotopic (exact) mass is 598 g/mol. The summed E-state index contributed by atoms with van der Waals surface area (Å²) in [6.07, 6.45) is 0.881. The summed E-state index contributed by atoms with van der Waals surface area (Å²) in [5, 5.41) is 5.33. The Morgan fingerprint density at radius 2 is 1.95 bits per heavy atom. The number of amides is 3. The predicted octanol–water partition coefficient (Wildman–Crippen LogP) is 7.24. The lowest BCUT2D eigenvalue weighted by Gasteiger charge is -2.37. The number of nitrogens with one attached hydrogen (secondary N) is 2. The number of cyclic esters (lactones) is 1. The molecule has 12 heteroatoms. The highest BCUT2D eigenvalue weighted by molar-refractivity contribution is 6.30. The molecular formula is C30H29ClF2N4O5. The van der Waals surface area contributed by atoms with Crippen LogP contribution in [0.25, 0.3) is 11.1 Å². The summed E-state index contributed by atoms with van der Waals surface area (Å²) < 4.78 is 39.4. The number of fused-ring (bicyclic) bond motifs is 4. The number of carbonyl (C=O) groups excluding carboxylic acids is 3. The maximum Gasteiger partial charge on any atom is 0.411 e.